The summed E-state index contributed by atoms with van der Waals surface area (Å²) in [5, 5.41) is 0. The molecule has 0 saturated heterocycles. The normalized spacial score (nSPS) is 11.9. The Morgan fingerprint density at radius 3 is 2.50 bits per heavy atom. The minimum atomic E-state index is -3.88. The zero-order chi connectivity index (χ0) is 17.9. The van der Waals surface area contributed by atoms with Crippen LogP contribution in [0.5, 0.6) is 0 Å². The smallest absolute Gasteiger partial charge is 0.360 e. The molecule has 0 saturated carbocycles. The average Bonchev–Trinajstić information content (AvgIpc) is 3.00. The molecule has 0 atom stereocenters. The van der Waals surface area contributed by atoms with Crippen molar-refractivity contribution in [3.05, 3.63) is 47.9 Å². The van der Waals surface area contributed by atoms with E-state index in [1.807, 2.05) is 0 Å². The minimum absolute atomic E-state index is 0.0441. The van der Waals surface area contributed by atoms with E-state index in [0.717, 1.165) is 22.7 Å². The Kier molecular flexibility index (Phi) is 5.35. The highest BCUT2D eigenvalue weighted by Gasteiger charge is 2.29. The van der Waals surface area contributed by atoms with Gasteiger partial charge in [0.1, 0.15) is 12.1 Å². The Hall–Kier alpha value is -2.26. The second-order valence-electron chi connectivity index (χ2n) is 5.22. The Morgan fingerprint density at radius 2 is 1.96 bits per heavy atom. The summed E-state index contributed by atoms with van der Waals surface area (Å²) in [6, 6.07) is 4.12. The Balaban J connectivity index is 2.30. The molecule has 0 spiro atoms. The molecule has 2 aromatic rings. The molecule has 7 nitrogen and oxygen atoms in total. The Morgan fingerprint density at radius 1 is 1.33 bits per heavy atom. The number of ether oxygens (including phenoxy) is 1. The summed E-state index contributed by atoms with van der Waals surface area (Å²) in [6.45, 7) is 3.20. The molecule has 1 heterocycles. The lowest BCUT2D eigenvalue weighted by Crippen LogP contribution is -2.36. The van der Waals surface area contributed by atoms with Gasteiger partial charge >= 0.3 is 5.97 Å². The molecule has 1 aromatic heterocycles. The van der Waals surface area contributed by atoms with Crippen LogP contribution in [0, 0.1) is 5.82 Å². The number of hydrogen-bond acceptors (Lipinski definition) is 6. The molecule has 24 heavy (non-hydrogen) atoms. The molecule has 0 aliphatic heterocycles. The molecule has 0 unspecified atom stereocenters. The van der Waals surface area contributed by atoms with Gasteiger partial charge < -0.3 is 9.15 Å². The molecule has 130 valence electrons. The monoisotopic (exact) mass is 356 g/mol. The Labute approximate surface area is 139 Å². The van der Waals surface area contributed by atoms with Gasteiger partial charge in [-0.3, -0.25) is 0 Å². The maximum atomic E-state index is 13.0. The zero-order valence-corrected chi connectivity index (χ0v) is 14.2. The van der Waals surface area contributed by atoms with Gasteiger partial charge in [0, 0.05) is 6.04 Å². The number of sulfonamides is 1. The largest absolute Gasteiger partial charge is 0.464 e. The third kappa shape index (κ3) is 3.80. The van der Waals surface area contributed by atoms with Gasteiger partial charge in [0.25, 0.3) is 0 Å². The van der Waals surface area contributed by atoms with Gasteiger partial charge in [0.15, 0.2) is 5.69 Å². The van der Waals surface area contributed by atoms with E-state index < -0.39 is 27.9 Å². The number of nitrogens with zero attached hydrogens (tertiary/aromatic N) is 2. The third-order valence-electron chi connectivity index (χ3n) is 3.23. The fourth-order valence-electron chi connectivity index (χ4n) is 2.00. The number of oxazole rings is 1. The number of carbonyl (C=O) groups is 1. The second-order valence-corrected chi connectivity index (χ2v) is 7.11. The number of hydrogen-bond donors (Lipinski definition) is 0. The van der Waals surface area contributed by atoms with Crippen molar-refractivity contribution >= 4 is 16.0 Å². The van der Waals surface area contributed by atoms with Crippen molar-refractivity contribution in [2.24, 2.45) is 0 Å². The van der Waals surface area contributed by atoms with Crippen molar-refractivity contribution in [3.8, 4) is 0 Å². The van der Waals surface area contributed by atoms with Crippen LogP contribution in [-0.4, -0.2) is 36.8 Å². The average molecular weight is 356 g/mol. The van der Waals surface area contributed by atoms with Gasteiger partial charge in [-0.2, -0.15) is 4.31 Å². The third-order valence-corrected chi connectivity index (χ3v) is 5.27. The topological polar surface area (TPSA) is 89.7 Å². The Bertz CT molecular complexity index is 815. The van der Waals surface area contributed by atoms with E-state index >= 15 is 0 Å². The maximum Gasteiger partial charge on any atom is 0.360 e. The number of halogens is 1. The molecular weight excluding hydrogens is 339 g/mol. The van der Waals surface area contributed by atoms with E-state index in [-0.39, 0.29) is 23.0 Å². The molecule has 0 fully saturated rings. The second kappa shape index (κ2) is 7.10. The first-order valence-corrected chi connectivity index (χ1v) is 8.50. The van der Waals surface area contributed by atoms with Gasteiger partial charge in [0.05, 0.1) is 18.6 Å². The van der Waals surface area contributed by atoms with Crippen LogP contribution in [0.15, 0.2) is 39.8 Å². The SMILES string of the molecule is COC(=O)c1coc(CN(C(C)C)S(=O)(=O)c2ccc(F)cc2)n1. The van der Waals surface area contributed by atoms with Crippen molar-refractivity contribution in [1.82, 2.24) is 9.29 Å². The zero-order valence-electron chi connectivity index (χ0n) is 13.4. The van der Waals surface area contributed by atoms with Crippen molar-refractivity contribution in [3.63, 3.8) is 0 Å². The summed E-state index contributed by atoms with van der Waals surface area (Å²) in [4.78, 5) is 15.3. The summed E-state index contributed by atoms with van der Waals surface area (Å²) in [5.74, 6) is -1.15. The summed E-state index contributed by atoms with van der Waals surface area (Å²) in [5.41, 5.74) is -0.0459. The lowest BCUT2D eigenvalue weighted by Gasteiger charge is -2.24. The van der Waals surface area contributed by atoms with Crippen molar-refractivity contribution < 1.29 is 26.8 Å². The molecular formula is C15H17FN2O5S. The van der Waals surface area contributed by atoms with Crippen LogP contribution >= 0.6 is 0 Å². The summed E-state index contributed by atoms with van der Waals surface area (Å²) < 4.78 is 49.3. The van der Waals surface area contributed by atoms with E-state index in [9.17, 15) is 17.6 Å². The number of rotatable bonds is 6. The highest BCUT2D eigenvalue weighted by molar-refractivity contribution is 7.89. The summed E-state index contributed by atoms with van der Waals surface area (Å²) >= 11 is 0. The molecule has 0 bridgehead atoms. The van der Waals surface area contributed by atoms with Crippen LogP contribution in [0.25, 0.3) is 0 Å². The lowest BCUT2D eigenvalue weighted by molar-refractivity contribution is 0.0594. The molecule has 0 aliphatic rings. The van der Waals surface area contributed by atoms with Crippen molar-refractivity contribution in [2.75, 3.05) is 7.11 Å². The summed E-state index contributed by atoms with van der Waals surface area (Å²) in [7, 11) is -2.68. The standard InChI is InChI=1S/C15H17FN2O5S/c1-10(2)18(8-14-17-13(9-23-14)15(19)22-3)24(20,21)12-6-4-11(16)5-7-12/h4-7,9-10H,8H2,1-3H3. The molecule has 0 radical (unpaired) electrons. The quantitative estimate of drug-likeness (QED) is 0.737. The molecule has 0 amide bonds. The predicted molar refractivity (Wildman–Crippen MR) is 82.1 cm³/mol. The van der Waals surface area contributed by atoms with Crippen LogP contribution in [0.2, 0.25) is 0 Å². The van der Waals surface area contributed by atoms with Crippen LogP contribution < -0.4 is 0 Å². The number of benzene rings is 1. The van der Waals surface area contributed by atoms with Crippen LogP contribution in [0.3, 0.4) is 0 Å². The number of carbonyl (C=O) groups excluding carboxylic acids is 1. The maximum absolute atomic E-state index is 13.0. The highest BCUT2D eigenvalue weighted by atomic mass is 32.2. The van der Waals surface area contributed by atoms with Gasteiger partial charge in [-0.05, 0) is 38.1 Å². The van der Waals surface area contributed by atoms with E-state index in [0.29, 0.717) is 0 Å². The lowest BCUT2D eigenvalue weighted by atomic mass is 10.3. The van der Waals surface area contributed by atoms with Gasteiger partial charge in [-0.1, -0.05) is 0 Å². The molecule has 9 heteroatoms. The number of esters is 1. The molecule has 1 aromatic carbocycles. The molecule has 0 N–H and O–H groups in total. The first-order valence-electron chi connectivity index (χ1n) is 7.06. The van der Waals surface area contributed by atoms with Crippen LogP contribution in [0.4, 0.5) is 4.39 Å². The van der Waals surface area contributed by atoms with E-state index in [1.54, 1.807) is 13.8 Å². The molecule has 0 aliphatic carbocycles. The highest BCUT2D eigenvalue weighted by Crippen LogP contribution is 2.21. The number of methoxy groups -OCH3 is 1. The summed E-state index contributed by atoms with van der Waals surface area (Å²) in [6.07, 6.45) is 1.10. The van der Waals surface area contributed by atoms with E-state index in [1.165, 1.54) is 19.2 Å². The fraction of sp³-hybridized carbons (Fsp3) is 0.333. The van der Waals surface area contributed by atoms with Crippen molar-refractivity contribution in [1.29, 1.82) is 0 Å². The van der Waals surface area contributed by atoms with Crippen LogP contribution in [0.1, 0.15) is 30.2 Å². The van der Waals surface area contributed by atoms with Crippen molar-refractivity contribution in [2.45, 2.75) is 31.3 Å². The van der Waals surface area contributed by atoms with Gasteiger partial charge in [-0.15, -0.1) is 0 Å². The molecule has 2 rings (SSSR count). The van der Waals surface area contributed by atoms with Crippen LogP contribution in [-0.2, 0) is 21.3 Å². The minimum Gasteiger partial charge on any atom is -0.464 e. The van der Waals surface area contributed by atoms with Gasteiger partial charge in [0.2, 0.25) is 15.9 Å². The van der Waals surface area contributed by atoms with Gasteiger partial charge in [-0.25, -0.2) is 22.6 Å². The van der Waals surface area contributed by atoms with E-state index in [2.05, 4.69) is 9.72 Å². The van der Waals surface area contributed by atoms with E-state index in [4.69, 9.17) is 4.42 Å². The fourth-order valence-corrected chi connectivity index (χ4v) is 3.59. The first kappa shape index (κ1) is 18.1. The first-order chi connectivity index (χ1) is 11.3. The predicted octanol–water partition coefficient (Wildman–Crippen LogP) is 2.20. The number of aromatic nitrogens is 1.